The molecule has 0 aliphatic heterocycles. The lowest BCUT2D eigenvalue weighted by Crippen LogP contribution is -2.34. The summed E-state index contributed by atoms with van der Waals surface area (Å²) in [5, 5.41) is 0. The predicted octanol–water partition coefficient (Wildman–Crippen LogP) is 3.43. The molecule has 2 rings (SSSR count). The van der Waals surface area contributed by atoms with Gasteiger partial charge in [-0.2, -0.15) is 0 Å². The van der Waals surface area contributed by atoms with Crippen molar-refractivity contribution in [2.75, 3.05) is 14.1 Å². The Hall–Kier alpha value is -1.84. The average Bonchev–Trinajstić information content (AvgIpc) is 2.41. The summed E-state index contributed by atoms with van der Waals surface area (Å²) in [5.41, 5.74) is 7.26. The minimum absolute atomic E-state index is 0.0749. The number of ether oxygens (including phenoxy) is 1. The molecule has 0 aromatic heterocycles. The SMILES string of the molecule is CC(N)C(c1ccc(Oc2ccccc2)cc1)N(C)C. The van der Waals surface area contributed by atoms with Crippen LogP contribution in [0.2, 0.25) is 0 Å². The van der Waals surface area contributed by atoms with Crippen LogP contribution < -0.4 is 10.5 Å². The maximum atomic E-state index is 6.06. The number of nitrogens with zero attached hydrogens (tertiary/aromatic N) is 1. The van der Waals surface area contributed by atoms with Gasteiger partial charge in [0.2, 0.25) is 0 Å². The molecule has 0 aliphatic rings. The molecule has 2 N–H and O–H groups in total. The fourth-order valence-corrected chi connectivity index (χ4v) is 2.43. The maximum Gasteiger partial charge on any atom is 0.127 e. The van der Waals surface area contributed by atoms with Gasteiger partial charge >= 0.3 is 0 Å². The predicted molar refractivity (Wildman–Crippen MR) is 83.0 cm³/mol. The molecule has 2 atom stereocenters. The molecule has 0 saturated heterocycles. The Kier molecular flexibility index (Phi) is 4.77. The Labute approximate surface area is 121 Å². The second-order valence-corrected chi connectivity index (χ2v) is 5.25. The highest BCUT2D eigenvalue weighted by Crippen LogP contribution is 2.26. The highest BCUT2D eigenvalue weighted by molar-refractivity contribution is 5.34. The van der Waals surface area contributed by atoms with E-state index >= 15 is 0 Å². The zero-order chi connectivity index (χ0) is 14.5. The summed E-state index contributed by atoms with van der Waals surface area (Å²) in [6, 6.07) is 18.2. The van der Waals surface area contributed by atoms with Gasteiger partial charge in [0.25, 0.3) is 0 Å². The number of likely N-dealkylation sites (N-methyl/N-ethyl adjacent to an activating group) is 1. The number of para-hydroxylation sites is 1. The van der Waals surface area contributed by atoms with E-state index in [0.29, 0.717) is 0 Å². The standard InChI is InChI=1S/C17H22N2O/c1-13(18)17(19(2)3)14-9-11-16(12-10-14)20-15-7-5-4-6-8-15/h4-13,17H,18H2,1-3H3. The quantitative estimate of drug-likeness (QED) is 0.904. The molecule has 0 spiro atoms. The van der Waals surface area contributed by atoms with Crippen molar-refractivity contribution in [1.82, 2.24) is 4.90 Å². The molecule has 0 amide bonds. The Morgan fingerprint density at radius 1 is 0.900 bits per heavy atom. The molecule has 2 aromatic rings. The van der Waals surface area contributed by atoms with Gasteiger partial charge in [-0.15, -0.1) is 0 Å². The van der Waals surface area contributed by atoms with Crippen LogP contribution in [0, 0.1) is 0 Å². The summed E-state index contributed by atoms with van der Waals surface area (Å²) >= 11 is 0. The molecule has 0 heterocycles. The van der Waals surface area contributed by atoms with E-state index in [1.165, 1.54) is 5.56 Å². The lowest BCUT2D eigenvalue weighted by Gasteiger charge is -2.28. The summed E-state index contributed by atoms with van der Waals surface area (Å²) in [6.07, 6.45) is 0. The maximum absolute atomic E-state index is 6.06. The second kappa shape index (κ2) is 6.55. The molecule has 2 aromatic carbocycles. The highest BCUT2D eigenvalue weighted by Gasteiger charge is 2.18. The van der Waals surface area contributed by atoms with Crippen molar-refractivity contribution in [3.05, 3.63) is 60.2 Å². The van der Waals surface area contributed by atoms with E-state index < -0.39 is 0 Å². The Morgan fingerprint density at radius 2 is 1.45 bits per heavy atom. The molecule has 3 nitrogen and oxygen atoms in total. The number of benzene rings is 2. The van der Waals surface area contributed by atoms with Gasteiger partial charge in [-0.3, -0.25) is 0 Å². The van der Waals surface area contributed by atoms with Gasteiger partial charge in [0.05, 0.1) is 0 Å². The third-order valence-electron chi connectivity index (χ3n) is 3.25. The van der Waals surface area contributed by atoms with Gasteiger partial charge in [-0.1, -0.05) is 30.3 Å². The van der Waals surface area contributed by atoms with Crippen molar-refractivity contribution in [1.29, 1.82) is 0 Å². The topological polar surface area (TPSA) is 38.5 Å². The van der Waals surface area contributed by atoms with Crippen LogP contribution in [0.3, 0.4) is 0 Å². The molecular weight excluding hydrogens is 248 g/mol. The molecule has 106 valence electrons. The molecule has 0 fully saturated rings. The molecule has 20 heavy (non-hydrogen) atoms. The van der Waals surface area contributed by atoms with Gasteiger partial charge in [0.15, 0.2) is 0 Å². The van der Waals surface area contributed by atoms with E-state index in [9.17, 15) is 0 Å². The first kappa shape index (κ1) is 14.6. The first-order valence-corrected chi connectivity index (χ1v) is 6.83. The largest absolute Gasteiger partial charge is 0.457 e. The zero-order valence-corrected chi connectivity index (χ0v) is 12.3. The molecule has 2 unspecified atom stereocenters. The summed E-state index contributed by atoms with van der Waals surface area (Å²) in [5.74, 6) is 1.68. The second-order valence-electron chi connectivity index (χ2n) is 5.25. The smallest absolute Gasteiger partial charge is 0.127 e. The fraction of sp³-hybridized carbons (Fsp3) is 0.294. The monoisotopic (exact) mass is 270 g/mol. The lowest BCUT2D eigenvalue weighted by atomic mass is 10.00. The van der Waals surface area contributed by atoms with Crippen LogP contribution in [0.25, 0.3) is 0 Å². The molecular formula is C17H22N2O. The van der Waals surface area contributed by atoms with Gasteiger partial charge in [0, 0.05) is 12.1 Å². The Morgan fingerprint density at radius 3 is 1.95 bits per heavy atom. The van der Waals surface area contributed by atoms with Crippen LogP contribution in [0.1, 0.15) is 18.5 Å². The van der Waals surface area contributed by atoms with E-state index in [-0.39, 0.29) is 12.1 Å². The van der Waals surface area contributed by atoms with E-state index in [1.54, 1.807) is 0 Å². The van der Waals surface area contributed by atoms with Crippen LogP contribution >= 0.6 is 0 Å². The van der Waals surface area contributed by atoms with E-state index in [1.807, 2.05) is 63.5 Å². The highest BCUT2D eigenvalue weighted by atomic mass is 16.5. The van der Waals surface area contributed by atoms with E-state index in [2.05, 4.69) is 17.0 Å². The molecule has 3 heteroatoms. The minimum atomic E-state index is 0.0749. The average molecular weight is 270 g/mol. The van der Waals surface area contributed by atoms with Crippen LogP contribution in [0.5, 0.6) is 11.5 Å². The zero-order valence-electron chi connectivity index (χ0n) is 12.3. The summed E-state index contributed by atoms with van der Waals surface area (Å²) < 4.78 is 5.79. The van der Waals surface area contributed by atoms with Crippen molar-refractivity contribution in [2.45, 2.75) is 19.0 Å². The summed E-state index contributed by atoms with van der Waals surface area (Å²) in [7, 11) is 4.09. The summed E-state index contributed by atoms with van der Waals surface area (Å²) in [4.78, 5) is 2.14. The number of rotatable bonds is 5. The van der Waals surface area contributed by atoms with Crippen molar-refractivity contribution in [2.24, 2.45) is 5.73 Å². The normalized spacial score (nSPS) is 14.1. The molecule has 0 aliphatic carbocycles. The molecule has 0 bridgehead atoms. The van der Waals surface area contributed by atoms with E-state index in [4.69, 9.17) is 10.5 Å². The lowest BCUT2D eigenvalue weighted by molar-refractivity contribution is 0.266. The van der Waals surface area contributed by atoms with Crippen molar-refractivity contribution >= 4 is 0 Å². The molecule has 0 radical (unpaired) electrons. The first-order valence-electron chi connectivity index (χ1n) is 6.83. The molecule has 0 saturated carbocycles. The first-order chi connectivity index (χ1) is 9.58. The van der Waals surface area contributed by atoms with Gasteiger partial charge in [-0.25, -0.2) is 0 Å². The summed E-state index contributed by atoms with van der Waals surface area (Å²) in [6.45, 7) is 2.03. The minimum Gasteiger partial charge on any atom is -0.457 e. The number of nitrogens with two attached hydrogens (primary N) is 1. The van der Waals surface area contributed by atoms with Crippen LogP contribution in [0.4, 0.5) is 0 Å². The third kappa shape index (κ3) is 3.59. The fourth-order valence-electron chi connectivity index (χ4n) is 2.43. The van der Waals surface area contributed by atoms with Crippen LogP contribution in [-0.4, -0.2) is 25.0 Å². The van der Waals surface area contributed by atoms with Gasteiger partial charge in [-0.05, 0) is 50.8 Å². The van der Waals surface area contributed by atoms with Crippen LogP contribution in [0.15, 0.2) is 54.6 Å². The Bertz CT molecular complexity index is 512. The number of hydrogen-bond donors (Lipinski definition) is 1. The third-order valence-corrected chi connectivity index (χ3v) is 3.25. The van der Waals surface area contributed by atoms with Crippen molar-refractivity contribution in [3.8, 4) is 11.5 Å². The van der Waals surface area contributed by atoms with Crippen LogP contribution in [-0.2, 0) is 0 Å². The van der Waals surface area contributed by atoms with Gasteiger partial charge < -0.3 is 15.4 Å². The van der Waals surface area contributed by atoms with Crippen molar-refractivity contribution in [3.63, 3.8) is 0 Å². The van der Waals surface area contributed by atoms with Gasteiger partial charge in [0.1, 0.15) is 11.5 Å². The Balaban J connectivity index is 2.13. The van der Waals surface area contributed by atoms with E-state index in [0.717, 1.165) is 11.5 Å². The number of hydrogen-bond acceptors (Lipinski definition) is 3. The van der Waals surface area contributed by atoms with Crippen molar-refractivity contribution < 1.29 is 4.74 Å².